The molecule has 0 saturated heterocycles. The van der Waals surface area contributed by atoms with Crippen molar-refractivity contribution in [1.29, 1.82) is 0 Å². The Morgan fingerprint density at radius 1 is 0.605 bits per heavy atom. The van der Waals surface area contributed by atoms with Crippen LogP contribution in [0.25, 0.3) is 33.4 Å². The molecule has 1 aliphatic heterocycles. The number of carbonyl (C=O) groups excluding carboxylic acids is 1. The van der Waals surface area contributed by atoms with Gasteiger partial charge in [-0.25, -0.2) is 0 Å². The number of benzene rings is 4. The van der Waals surface area contributed by atoms with Crippen LogP contribution in [0, 0.1) is 0 Å². The van der Waals surface area contributed by atoms with Gasteiger partial charge in [0.15, 0.2) is 5.75 Å². The molecule has 3 heterocycles. The van der Waals surface area contributed by atoms with E-state index < -0.39 is 23.0 Å². The van der Waals surface area contributed by atoms with Gasteiger partial charge >= 0.3 is 0 Å². The lowest BCUT2D eigenvalue weighted by atomic mass is 10.00. The highest BCUT2D eigenvalue weighted by Crippen LogP contribution is 2.57. The van der Waals surface area contributed by atoms with Crippen LogP contribution < -0.4 is 4.74 Å². The fourth-order valence-corrected chi connectivity index (χ4v) is 4.19. The minimum atomic E-state index is -0.787. The fraction of sp³-hybridized carbons (Fsp3) is 0. The SMILES string of the molecule is O=C(c1cc(-n2nc3ccc(O)cc3n2)c(O)cc1O)c1cc(-n2nc3ccc(O)cc3n2)c2c(c1O)O2. The molecule has 2 aromatic heterocycles. The summed E-state index contributed by atoms with van der Waals surface area (Å²) < 4.78 is 5.39. The zero-order chi connectivity index (χ0) is 26.3. The molecule has 186 valence electrons. The summed E-state index contributed by atoms with van der Waals surface area (Å²) in [6.07, 6.45) is 0. The van der Waals surface area contributed by atoms with E-state index in [1.165, 1.54) is 47.3 Å². The molecule has 0 radical (unpaired) electrons. The topological polar surface area (TPSA) is 192 Å². The molecule has 38 heavy (non-hydrogen) atoms. The molecular weight excluding hydrogens is 496 g/mol. The number of nitrogens with zero attached hydrogens (tertiary/aromatic N) is 6. The largest absolute Gasteiger partial charge is 0.508 e. The van der Waals surface area contributed by atoms with Gasteiger partial charge < -0.3 is 30.3 Å². The third-order valence-electron chi connectivity index (χ3n) is 6.09. The number of ketones is 1. The second-order valence-corrected chi connectivity index (χ2v) is 8.56. The van der Waals surface area contributed by atoms with Crippen molar-refractivity contribution in [2.24, 2.45) is 0 Å². The van der Waals surface area contributed by atoms with Gasteiger partial charge in [0.2, 0.25) is 17.3 Å². The molecule has 13 heteroatoms. The van der Waals surface area contributed by atoms with Gasteiger partial charge in [-0.3, -0.25) is 4.79 Å². The maximum absolute atomic E-state index is 13.6. The number of hydrogen-bond acceptors (Lipinski definition) is 11. The van der Waals surface area contributed by atoms with E-state index in [1.807, 2.05) is 0 Å². The Labute approximate surface area is 210 Å². The maximum atomic E-state index is 13.6. The van der Waals surface area contributed by atoms with Gasteiger partial charge in [0.1, 0.15) is 56.4 Å². The van der Waals surface area contributed by atoms with Gasteiger partial charge in [-0.15, -0.1) is 30.0 Å². The summed E-state index contributed by atoms with van der Waals surface area (Å²) in [6, 6.07) is 12.3. The summed E-state index contributed by atoms with van der Waals surface area (Å²) >= 11 is 0. The first-order valence-electron chi connectivity index (χ1n) is 11.1. The van der Waals surface area contributed by atoms with E-state index in [0.717, 1.165) is 10.9 Å². The molecule has 1 aliphatic rings. The molecule has 0 aliphatic carbocycles. The Kier molecular flexibility index (Phi) is 4.13. The molecule has 6 aromatic rings. The highest BCUT2D eigenvalue weighted by atomic mass is 16.6. The molecule has 0 spiro atoms. The molecule has 0 bridgehead atoms. The maximum Gasteiger partial charge on any atom is 0.214 e. The lowest BCUT2D eigenvalue weighted by molar-refractivity contribution is 0.103. The highest BCUT2D eigenvalue weighted by Gasteiger charge is 2.36. The van der Waals surface area contributed by atoms with Crippen molar-refractivity contribution in [2.75, 3.05) is 0 Å². The first kappa shape index (κ1) is 21.4. The van der Waals surface area contributed by atoms with Crippen LogP contribution in [0.15, 0.2) is 54.6 Å². The number of carbonyl (C=O) groups is 1. The lowest BCUT2D eigenvalue weighted by Crippen LogP contribution is -2.07. The van der Waals surface area contributed by atoms with Gasteiger partial charge in [-0.05, 0) is 36.4 Å². The van der Waals surface area contributed by atoms with Crippen molar-refractivity contribution < 1.29 is 35.1 Å². The van der Waals surface area contributed by atoms with E-state index in [9.17, 15) is 30.3 Å². The predicted octanol–water partition coefficient (Wildman–Crippen LogP) is 3.02. The summed E-state index contributed by atoms with van der Waals surface area (Å²) in [5.74, 6) is -1.86. The predicted molar refractivity (Wildman–Crippen MR) is 130 cm³/mol. The minimum absolute atomic E-state index is 0.00753. The first-order valence-corrected chi connectivity index (χ1v) is 11.1. The Bertz CT molecular complexity index is 1990. The zero-order valence-corrected chi connectivity index (χ0v) is 18.9. The number of hydrogen-bond donors (Lipinski definition) is 5. The monoisotopic (exact) mass is 510 g/mol. The summed E-state index contributed by atoms with van der Waals surface area (Å²) in [7, 11) is 0. The molecule has 5 N–H and O–H groups in total. The van der Waals surface area contributed by atoms with Crippen LogP contribution in [-0.2, 0) is 0 Å². The molecule has 0 atom stereocenters. The zero-order valence-electron chi connectivity index (χ0n) is 18.9. The standard InChI is InChI=1S/C25H14N6O7/c32-10-1-3-14-16(5-10)28-30(26-14)18-7-12(20(34)9-21(18)35)22(36)13-8-19(24-25(38-24)23(13)37)31-27-15-4-2-11(33)6-17(15)29-31/h1-9,32-35,37H. The number of aromatic hydroxyl groups is 5. The number of phenolic OH excluding ortho intramolecular Hbond substituents is 5. The quantitative estimate of drug-likeness (QED) is 0.173. The minimum Gasteiger partial charge on any atom is -0.508 e. The number of aromatic nitrogens is 6. The van der Waals surface area contributed by atoms with E-state index in [2.05, 4.69) is 20.4 Å². The van der Waals surface area contributed by atoms with Gasteiger partial charge in [0, 0.05) is 18.2 Å². The third kappa shape index (κ3) is 3.15. The van der Waals surface area contributed by atoms with E-state index >= 15 is 0 Å². The summed E-state index contributed by atoms with van der Waals surface area (Å²) in [6.45, 7) is 0. The van der Waals surface area contributed by atoms with Crippen molar-refractivity contribution >= 4 is 27.9 Å². The van der Waals surface area contributed by atoms with E-state index in [0.29, 0.717) is 22.1 Å². The van der Waals surface area contributed by atoms with Crippen molar-refractivity contribution in [3.8, 4) is 51.6 Å². The average molecular weight is 510 g/mol. The van der Waals surface area contributed by atoms with Crippen LogP contribution in [0.5, 0.6) is 40.2 Å². The van der Waals surface area contributed by atoms with Gasteiger partial charge in [0.25, 0.3) is 0 Å². The van der Waals surface area contributed by atoms with Crippen molar-refractivity contribution in [3.63, 3.8) is 0 Å². The average Bonchev–Trinajstić information content (AvgIpc) is 3.41. The molecule has 0 amide bonds. The number of rotatable bonds is 4. The normalized spacial score (nSPS) is 12.0. The van der Waals surface area contributed by atoms with Gasteiger partial charge in [-0.2, -0.15) is 0 Å². The molecule has 7 rings (SSSR count). The number of ether oxygens (including phenoxy) is 1. The van der Waals surface area contributed by atoms with Gasteiger partial charge in [-0.1, -0.05) is 0 Å². The Hall–Kier alpha value is -5.85. The van der Waals surface area contributed by atoms with E-state index in [-0.39, 0.29) is 45.5 Å². The van der Waals surface area contributed by atoms with Crippen LogP contribution in [0.1, 0.15) is 15.9 Å². The van der Waals surface area contributed by atoms with Crippen LogP contribution in [0.2, 0.25) is 0 Å². The van der Waals surface area contributed by atoms with Crippen LogP contribution >= 0.6 is 0 Å². The molecule has 0 fully saturated rings. The Morgan fingerprint density at radius 3 is 1.79 bits per heavy atom. The van der Waals surface area contributed by atoms with E-state index in [4.69, 9.17) is 4.74 Å². The summed E-state index contributed by atoms with van der Waals surface area (Å²) in [5.41, 5.74) is 1.40. The molecule has 0 unspecified atom stereocenters. The second kappa shape index (κ2) is 7.33. The first-order chi connectivity index (χ1) is 18.3. The van der Waals surface area contributed by atoms with Crippen LogP contribution in [-0.4, -0.2) is 61.3 Å². The van der Waals surface area contributed by atoms with Crippen molar-refractivity contribution in [2.45, 2.75) is 0 Å². The van der Waals surface area contributed by atoms with Crippen molar-refractivity contribution in [3.05, 3.63) is 65.7 Å². The van der Waals surface area contributed by atoms with Crippen LogP contribution in [0.3, 0.4) is 0 Å². The van der Waals surface area contributed by atoms with Crippen LogP contribution in [0.4, 0.5) is 0 Å². The molecule has 0 saturated carbocycles. The van der Waals surface area contributed by atoms with Crippen molar-refractivity contribution in [1.82, 2.24) is 30.0 Å². The third-order valence-corrected chi connectivity index (χ3v) is 6.09. The smallest absolute Gasteiger partial charge is 0.214 e. The number of phenols is 5. The lowest BCUT2D eigenvalue weighted by Gasteiger charge is -2.10. The molecular formula is C25H14N6O7. The van der Waals surface area contributed by atoms with Gasteiger partial charge in [0.05, 0.1) is 11.1 Å². The second-order valence-electron chi connectivity index (χ2n) is 8.56. The molecule has 4 aromatic carbocycles. The Balaban J connectivity index is 1.34. The number of fused-ring (bicyclic) bond motifs is 3. The fourth-order valence-electron chi connectivity index (χ4n) is 4.19. The Morgan fingerprint density at radius 2 is 1.16 bits per heavy atom. The summed E-state index contributed by atoms with van der Waals surface area (Å²) in [4.78, 5) is 15.8. The summed E-state index contributed by atoms with van der Waals surface area (Å²) in [5, 5.41) is 68.2. The highest BCUT2D eigenvalue weighted by molar-refractivity contribution is 6.14. The van der Waals surface area contributed by atoms with E-state index in [1.54, 1.807) is 6.07 Å². The molecule has 13 nitrogen and oxygen atoms in total.